The van der Waals surface area contributed by atoms with Gasteiger partial charge in [0.05, 0.1) is 5.92 Å². The van der Waals surface area contributed by atoms with Gasteiger partial charge in [-0.1, -0.05) is 24.3 Å². The fraction of sp³-hybridized carbons (Fsp3) is 0.462. The van der Waals surface area contributed by atoms with Crippen LogP contribution in [0.15, 0.2) is 35.5 Å². The van der Waals surface area contributed by atoms with Gasteiger partial charge in [-0.15, -0.1) is 0 Å². The number of hydrogen-bond acceptors (Lipinski definition) is 2. The molecule has 0 aromatic carbocycles. The first-order valence-corrected chi connectivity index (χ1v) is 5.28. The standard InChI is InChI=1S/C13H16O2/c1-7(2)11-9-5-6-10(15-13(9)14)12(11)8(3)4/h9-10H,1,3,5-6H2,2,4H3. The van der Waals surface area contributed by atoms with Crippen LogP contribution in [0.3, 0.4) is 0 Å². The van der Waals surface area contributed by atoms with Gasteiger partial charge in [0.1, 0.15) is 6.10 Å². The first-order valence-electron chi connectivity index (χ1n) is 5.28. The second kappa shape index (κ2) is 3.37. The van der Waals surface area contributed by atoms with Crippen LogP contribution in [-0.2, 0) is 9.53 Å². The smallest absolute Gasteiger partial charge is 0.314 e. The molecule has 2 bridgehead atoms. The molecule has 2 atom stereocenters. The monoisotopic (exact) mass is 204 g/mol. The van der Waals surface area contributed by atoms with Crippen LogP contribution >= 0.6 is 0 Å². The van der Waals surface area contributed by atoms with Crippen molar-refractivity contribution < 1.29 is 9.53 Å². The second-order valence-corrected chi connectivity index (χ2v) is 4.44. The van der Waals surface area contributed by atoms with E-state index >= 15 is 0 Å². The Kier molecular flexibility index (Phi) is 2.29. The van der Waals surface area contributed by atoms with E-state index < -0.39 is 0 Å². The van der Waals surface area contributed by atoms with Crippen LogP contribution in [0.1, 0.15) is 26.7 Å². The molecule has 2 nitrogen and oxygen atoms in total. The molecule has 3 aliphatic rings. The first-order chi connectivity index (χ1) is 7.02. The molecule has 0 N–H and O–H groups in total. The lowest BCUT2D eigenvalue weighted by Gasteiger charge is -2.39. The largest absolute Gasteiger partial charge is 0.457 e. The van der Waals surface area contributed by atoms with Gasteiger partial charge in [0.25, 0.3) is 0 Å². The van der Waals surface area contributed by atoms with Gasteiger partial charge in [0.15, 0.2) is 0 Å². The maximum absolute atomic E-state index is 11.6. The lowest BCUT2D eigenvalue weighted by atomic mass is 9.74. The van der Waals surface area contributed by atoms with E-state index in [1.807, 2.05) is 13.8 Å². The Morgan fingerprint density at radius 3 is 2.27 bits per heavy atom. The molecule has 15 heavy (non-hydrogen) atoms. The number of hydrogen-bond donors (Lipinski definition) is 0. The van der Waals surface area contributed by atoms with Crippen LogP contribution in [0.25, 0.3) is 0 Å². The Bertz CT molecular complexity index is 387. The van der Waals surface area contributed by atoms with Crippen LogP contribution < -0.4 is 0 Å². The zero-order valence-corrected chi connectivity index (χ0v) is 9.30. The molecule has 2 aliphatic heterocycles. The molecule has 1 aliphatic carbocycles. The number of fused-ring (bicyclic) bond motifs is 2. The predicted molar refractivity (Wildman–Crippen MR) is 59.3 cm³/mol. The molecule has 0 radical (unpaired) electrons. The maximum Gasteiger partial charge on any atom is 0.314 e. The summed E-state index contributed by atoms with van der Waals surface area (Å²) in [6, 6.07) is 0. The molecular weight excluding hydrogens is 188 g/mol. The zero-order valence-electron chi connectivity index (χ0n) is 9.30. The Balaban J connectivity index is 2.57. The van der Waals surface area contributed by atoms with Gasteiger partial charge in [0.2, 0.25) is 0 Å². The highest BCUT2D eigenvalue weighted by Gasteiger charge is 2.42. The molecule has 0 aromatic rings. The van der Waals surface area contributed by atoms with Gasteiger partial charge in [0, 0.05) is 0 Å². The Morgan fingerprint density at radius 2 is 1.80 bits per heavy atom. The number of carbonyl (C=O) groups is 1. The summed E-state index contributed by atoms with van der Waals surface area (Å²) < 4.78 is 5.34. The highest BCUT2D eigenvalue weighted by Crippen LogP contribution is 2.43. The zero-order chi connectivity index (χ0) is 11.2. The Morgan fingerprint density at radius 1 is 1.20 bits per heavy atom. The molecule has 1 fully saturated rings. The van der Waals surface area contributed by atoms with Crippen LogP contribution in [0.4, 0.5) is 0 Å². The van der Waals surface area contributed by atoms with Crippen molar-refractivity contribution in [3.8, 4) is 0 Å². The molecule has 1 saturated heterocycles. The van der Waals surface area contributed by atoms with E-state index in [0.717, 1.165) is 35.1 Å². The molecule has 2 heteroatoms. The van der Waals surface area contributed by atoms with Crippen LogP contribution in [0.2, 0.25) is 0 Å². The van der Waals surface area contributed by atoms with E-state index in [1.165, 1.54) is 0 Å². The van der Waals surface area contributed by atoms with E-state index in [0.29, 0.717) is 0 Å². The predicted octanol–water partition coefficient (Wildman–Crippen LogP) is 2.77. The van der Waals surface area contributed by atoms with Crippen LogP contribution in [0, 0.1) is 5.92 Å². The van der Waals surface area contributed by atoms with Gasteiger partial charge < -0.3 is 4.74 Å². The summed E-state index contributed by atoms with van der Waals surface area (Å²) in [5, 5.41) is 0. The van der Waals surface area contributed by atoms with Crippen LogP contribution in [0.5, 0.6) is 0 Å². The molecule has 0 aromatic heterocycles. The van der Waals surface area contributed by atoms with Gasteiger partial charge in [-0.05, 0) is 37.8 Å². The summed E-state index contributed by atoms with van der Waals surface area (Å²) in [5.41, 5.74) is 4.16. The molecule has 80 valence electrons. The van der Waals surface area contributed by atoms with Crippen molar-refractivity contribution in [1.82, 2.24) is 0 Å². The quantitative estimate of drug-likeness (QED) is 0.646. The minimum atomic E-state index is -0.0980. The SMILES string of the molecule is C=C(C)C1=C(C(=C)C)C2CCC1OC2=O. The second-order valence-electron chi connectivity index (χ2n) is 4.44. The van der Waals surface area contributed by atoms with Crippen molar-refractivity contribution in [1.29, 1.82) is 0 Å². The third-order valence-corrected chi connectivity index (χ3v) is 3.14. The van der Waals surface area contributed by atoms with E-state index in [9.17, 15) is 4.79 Å². The highest BCUT2D eigenvalue weighted by atomic mass is 16.5. The highest BCUT2D eigenvalue weighted by molar-refractivity contribution is 5.81. The summed E-state index contributed by atoms with van der Waals surface area (Å²) in [4.78, 5) is 11.6. The summed E-state index contributed by atoms with van der Waals surface area (Å²) in [6.07, 6.45) is 1.74. The molecule has 0 saturated carbocycles. The molecule has 2 unspecified atom stereocenters. The van der Waals surface area contributed by atoms with E-state index in [1.54, 1.807) is 0 Å². The average molecular weight is 204 g/mol. The third kappa shape index (κ3) is 1.44. The third-order valence-electron chi connectivity index (χ3n) is 3.14. The topological polar surface area (TPSA) is 26.3 Å². The van der Waals surface area contributed by atoms with E-state index in [2.05, 4.69) is 13.2 Å². The summed E-state index contributed by atoms with van der Waals surface area (Å²) >= 11 is 0. The number of esters is 1. The molecule has 3 rings (SSSR count). The lowest BCUT2D eigenvalue weighted by molar-refractivity contribution is -0.158. The fourth-order valence-electron chi connectivity index (χ4n) is 2.58. The molecule has 0 spiro atoms. The minimum Gasteiger partial charge on any atom is -0.457 e. The van der Waals surface area contributed by atoms with Gasteiger partial charge in [-0.3, -0.25) is 4.79 Å². The van der Waals surface area contributed by atoms with Crippen molar-refractivity contribution >= 4 is 5.97 Å². The van der Waals surface area contributed by atoms with Crippen molar-refractivity contribution in [3.05, 3.63) is 35.5 Å². The van der Waals surface area contributed by atoms with E-state index in [-0.39, 0.29) is 18.0 Å². The maximum atomic E-state index is 11.6. The first kappa shape index (κ1) is 10.2. The number of allylic oxidation sites excluding steroid dienone is 1. The summed E-state index contributed by atoms with van der Waals surface area (Å²) in [6.45, 7) is 11.8. The van der Waals surface area contributed by atoms with Crippen molar-refractivity contribution in [2.24, 2.45) is 5.92 Å². The molecule has 0 amide bonds. The number of rotatable bonds is 2. The molecule has 2 heterocycles. The van der Waals surface area contributed by atoms with Crippen molar-refractivity contribution in [2.45, 2.75) is 32.8 Å². The van der Waals surface area contributed by atoms with Crippen LogP contribution in [-0.4, -0.2) is 12.1 Å². The average Bonchev–Trinajstić information content (AvgIpc) is 2.16. The lowest BCUT2D eigenvalue weighted by Crippen LogP contribution is -2.40. The Hall–Kier alpha value is -1.31. The Labute approximate surface area is 90.3 Å². The van der Waals surface area contributed by atoms with Crippen molar-refractivity contribution in [2.75, 3.05) is 0 Å². The summed E-state index contributed by atoms with van der Waals surface area (Å²) in [5.74, 6) is -0.187. The van der Waals surface area contributed by atoms with Gasteiger partial charge in [-0.2, -0.15) is 0 Å². The number of ether oxygens (including phenoxy) is 1. The fourth-order valence-corrected chi connectivity index (χ4v) is 2.58. The summed E-state index contributed by atoms with van der Waals surface area (Å²) in [7, 11) is 0. The number of carbonyl (C=O) groups excluding carboxylic acids is 1. The minimum absolute atomic E-state index is 0.0771. The van der Waals surface area contributed by atoms with E-state index in [4.69, 9.17) is 4.74 Å². The van der Waals surface area contributed by atoms with Crippen molar-refractivity contribution in [3.63, 3.8) is 0 Å². The van der Waals surface area contributed by atoms with Gasteiger partial charge in [-0.25, -0.2) is 0 Å². The molecular formula is C13H16O2. The normalized spacial score (nSPS) is 29.1. The van der Waals surface area contributed by atoms with Gasteiger partial charge >= 0.3 is 5.97 Å².